The summed E-state index contributed by atoms with van der Waals surface area (Å²) < 4.78 is 17.7. The molecule has 1 aliphatic heterocycles. The molecule has 7 heteroatoms. The molecule has 1 heterocycles. The molecule has 0 aromatic heterocycles. The zero-order chi connectivity index (χ0) is 16.1. The molecular formula is C15H20FN3O3. The van der Waals surface area contributed by atoms with Crippen LogP contribution >= 0.6 is 0 Å². The van der Waals surface area contributed by atoms with Crippen LogP contribution in [0.2, 0.25) is 0 Å². The summed E-state index contributed by atoms with van der Waals surface area (Å²) in [6.07, 6.45) is 1.00. The molecule has 0 atom stereocenters. The monoisotopic (exact) mass is 309 g/mol. The highest BCUT2D eigenvalue weighted by atomic mass is 19.1. The second-order valence-corrected chi connectivity index (χ2v) is 5.29. The Morgan fingerprint density at radius 1 is 1.32 bits per heavy atom. The van der Waals surface area contributed by atoms with Crippen molar-refractivity contribution in [1.82, 2.24) is 10.2 Å². The number of likely N-dealkylation sites (tertiary alicyclic amines) is 1. The fourth-order valence-corrected chi connectivity index (χ4v) is 2.45. The normalized spacial score (nSPS) is 15.3. The molecule has 1 fully saturated rings. The van der Waals surface area contributed by atoms with Crippen molar-refractivity contribution in [2.24, 2.45) is 0 Å². The van der Waals surface area contributed by atoms with Gasteiger partial charge in [0.05, 0.1) is 7.11 Å². The van der Waals surface area contributed by atoms with Crippen molar-refractivity contribution in [2.75, 3.05) is 25.5 Å². The third kappa shape index (κ3) is 4.09. The number of nitrogens with one attached hydrogen (secondary N) is 2. The van der Waals surface area contributed by atoms with Crippen LogP contribution in [0.15, 0.2) is 18.2 Å². The van der Waals surface area contributed by atoms with E-state index in [-0.39, 0.29) is 24.0 Å². The Balaban J connectivity index is 1.82. The lowest BCUT2D eigenvalue weighted by molar-refractivity contribution is 0.110. The molecule has 6 nitrogen and oxygen atoms in total. The molecule has 0 bridgehead atoms. The number of rotatable bonds is 2. The van der Waals surface area contributed by atoms with Gasteiger partial charge in [0.1, 0.15) is 5.82 Å². The summed E-state index contributed by atoms with van der Waals surface area (Å²) >= 11 is 0. The van der Waals surface area contributed by atoms with Gasteiger partial charge in [-0.3, -0.25) is 0 Å². The number of benzene rings is 1. The number of carbonyl (C=O) groups excluding carboxylic acids is 2. The molecule has 3 amide bonds. The second-order valence-electron chi connectivity index (χ2n) is 5.29. The number of aryl methyl sites for hydroxylation is 1. The molecule has 1 aliphatic rings. The van der Waals surface area contributed by atoms with E-state index in [2.05, 4.69) is 15.4 Å². The van der Waals surface area contributed by atoms with Crippen molar-refractivity contribution in [3.05, 3.63) is 29.6 Å². The van der Waals surface area contributed by atoms with Gasteiger partial charge in [0.25, 0.3) is 0 Å². The van der Waals surface area contributed by atoms with Gasteiger partial charge in [-0.2, -0.15) is 0 Å². The minimum atomic E-state index is -0.343. The SMILES string of the molecule is COC(=O)N1CCC(NC(=O)Nc2ccc(F)cc2C)CC1. The first-order valence-corrected chi connectivity index (χ1v) is 7.16. The number of halogens is 1. The van der Waals surface area contributed by atoms with Gasteiger partial charge in [0, 0.05) is 24.8 Å². The quantitative estimate of drug-likeness (QED) is 0.881. The number of nitrogens with zero attached hydrogens (tertiary/aromatic N) is 1. The molecular weight excluding hydrogens is 289 g/mol. The molecule has 1 aromatic carbocycles. The van der Waals surface area contributed by atoms with E-state index in [1.165, 1.54) is 25.3 Å². The highest BCUT2D eigenvalue weighted by Crippen LogP contribution is 2.16. The Labute approximate surface area is 128 Å². The van der Waals surface area contributed by atoms with Crippen LogP contribution in [0.5, 0.6) is 0 Å². The average Bonchev–Trinajstić information content (AvgIpc) is 2.50. The maximum absolute atomic E-state index is 13.0. The summed E-state index contributed by atoms with van der Waals surface area (Å²) in [6.45, 7) is 2.83. The molecule has 22 heavy (non-hydrogen) atoms. The molecule has 0 aliphatic carbocycles. The number of amides is 3. The van der Waals surface area contributed by atoms with E-state index < -0.39 is 0 Å². The minimum Gasteiger partial charge on any atom is -0.453 e. The van der Waals surface area contributed by atoms with Crippen molar-refractivity contribution in [3.63, 3.8) is 0 Å². The topological polar surface area (TPSA) is 70.7 Å². The van der Waals surface area contributed by atoms with E-state index in [0.717, 1.165) is 0 Å². The van der Waals surface area contributed by atoms with Crippen LogP contribution in [0.3, 0.4) is 0 Å². The van der Waals surface area contributed by atoms with Crippen LogP contribution < -0.4 is 10.6 Å². The van der Waals surface area contributed by atoms with Crippen LogP contribution in [0.1, 0.15) is 18.4 Å². The number of piperidine rings is 1. The first-order chi connectivity index (χ1) is 10.5. The number of anilines is 1. The molecule has 0 radical (unpaired) electrons. The largest absolute Gasteiger partial charge is 0.453 e. The summed E-state index contributed by atoms with van der Waals surface area (Å²) in [6, 6.07) is 3.87. The smallest absolute Gasteiger partial charge is 0.409 e. The molecule has 1 aromatic rings. The van der Waals surface area contributed by atoms with Gasteiger partial charge in [-0.25, -0.2) is 14.0 Å². The predicted molar refractivity (Wildman–Crippen MR) is 80.3 cm³/mol. The maximum atomic E-state index is 13.0. The van der Waals surface area contributed by atoms with Crippen LogP contribution in [0, 0.1) is 12.7 Å². The molecule has 2 rings (SSSR count). The lowest BCUT2D eigenvalue weighted by Gasteiger charge is -2.31. The zero-order valence-electron chi connectivity index (χ0n) is 12.7. The van der Waals surface area contributed by atoms with Gasteiger partial charge in [-0.15, -0.1) is 0 Å². The minimum absolute atomic E-state index is 0.00154. The van der Waals surface area contributed by atoms with Gasteiger partial charge in [0.15, 0.2) is 0 Å². The van der Waals surface area contributed by atoms with Crippen molar-refractivity contribution in [1.29, 1.82) is 0 Å². The predicted octanol–water partition coefficient (Wildman–Crippen LogP) is 2.49. The van der Waals surface area contributed by atoms with Crippen molar-refractivity contribution < 1.29 is 18.7 Å². The van der Waals surface area contributed by atoms with Gasteiger partial charge in [-0.05, 0) is 43.5 Å². The molecule has 0 unspecified atom stereocenters. The van der Waals surface area contributed by atoms with Crippen molar-refractivity contribution in [2.45, 2.75) is 25.8 Å². The maximum Gasteiger partial charge on any atom is 0.409 e. The number of hydrogen-bond donors (Lipinski definition) is 2. The standard InChI is InChI=1S/C15H20FN3O3/c1-10-9-11(16)3-4-13(10)18-14(20)17-12-5-7-19(8-6-12)15(21)22-2/h3-4,9,12H,5-8H2,1-2H3,(H2,17,18,20). The molecule has 120 valence electrons. The first-order valence-electron chi connectivity index (χ1n) is 7.16. The Morgan fingerprint density at radius 3 is 2.59 bits per heavy atom. The highest BCUT2D eigenvalue weighted by Gasteiger charge is 2.24. The summed E-state index contributed by atoms with van der Waals surface area (Å²) in [5, 5.41) is 5.57. The average molecular weight is 309 g/mol. The fourth-order valence-electron chi connectivity index (χ4n) is 2.45. The zero-order valence-corrected chi connectivity index (χ0v) is 12.7. The third-order valence-corrected chi connectivity index (χ3v) is 3.70. The Kier molecular flexibility index (Phi) is 5.19. The van der Waals surface area contributed by atoms with Gasteiger partial charge < -0.3 is 20.3 Å². The third-order valence-electron chi connectivity index (χ3n) is 3.70. The molecule has 2 N–H and O–H groups in total. The van der Waals surface area contributed by atoms with Gasteiger partial charge >= 0.3 is 12.1 Å². The van der Waals surface area contributed by atoms with E-state index in [9.17, 15) is 14.0 Å². The number of hydrogen-bond acceptors (Lipinski definition) is 3. The molecule has 1 saturated heterocycles. The number of methoxy groups -OCH3 is 1. The molecule has 0 spiro atoms. The van der Waals surface area contributed by atoms with Crippen molar-refractivity contribution in [3.8, 4) is 0 Å². The Bertz CT molecular complexity index is 557. The lowest BCUT2D eigenvalue weighted by Crippen LogP contribution is -2.47. The van der Waals surface area contributed by atoms with E-state index in [4.69, 9.17) is 0 Å². The van der Waals surface area contributed by atoms with Crippen LogP contribution in [-0.2, 0) is 4.74 Å². The second kappa shape index (κ2) is 7.11. The summed E-state index contributed by atoms with van der Waals surface area (Å²) in [5.41, 5.74) is 1.24. The highest BCUT2D eigenvalue weighted by molar-refractivity contribution is 5.90. The summed E-state index contributed by atoms with van der Waals surface area (Å²) in [5.74, 6) is -0.335. The number of urea groups is 1. The van der Waals surface area contributed by atoms with Crippen molar-refractivity contribution >= 4 is 17.8 Å². The van der Waals surface area contributed by atoms with E-state index in [0.29, 0.717) is 37.2 Å². The fraction of sp³-hybridized carbons (Fsp3) is 0.467. The van der Waals surface area contributed by atoms with E-state index >= 15 is 0 Å². The van der Waals surface area contributed by atoms with E-state index in [1.54, 1.807) is 11.8 Å². The van der Waals surface area contributed by atoms with Crippen LogP contribution in [0.4, 0.5) is 19.7 Å². The Hall–Kier alpha value is -2.31. The van der Waals surface area contributed by atoms with E-state index in [1.807, 2.05) is 0 Å². The first kappa shape index (κ1) is 16.1. The van der Waals surface area contributed by atoms with Gasteiger partial charge in [0.2, 0.25) is 0 Å². The molecule has 0 saturated carbocycles. The number of carbonyl (C=O) groups is 2. The van der Waals surface area contributed by atoms with Gasteiger partial charge in [-0.1, -0.05) is 0 Å². The summed E-state index contributed by atoms with van der Waals surface area (Å²) in [4.78, 5) is 25.0. The lowest BCUT2D eigenvalue weighted by atomic mass is 10.1. The Morgan fingerprint density at radius 2 is 2.00 bits per heavy atom. The van der Waals surface area contributed by atoms with Crippen LogP contribution in [-0.4, -0.2) is 43.3 Å². The number of ether oxygens (including phenoxy) is 1. The summed E-state index contributed by atoms with van der Waals surface area (Å²) in [7, 11) is 1.35. The van der Waals surface area contributed by atoms with Crippen LogP contribution in [0.25, 0.3) is 0 Å².